The van der Waals surface area contributed by atoms with Gasteiger partial charge in [-0.3, -0.25) is 0 Å². The van der Waals surface area contributed by atoms with Gasteiger partial charge in [-0.15, -0.1) is 11.6 Å². The van der Waals surface area contributed by atoms with E-state index in [1.165, 1.54) is 0 Å². The van der Waals surface area contributed by atoms with Crippen molar-refractivity contribution in [1.82, 2.24) is 5.32 Å². The lowest BCUT2D eigenvalue weighted by Gasteiger charge is -2.05. The second kappa shape index (κ2) is 5.50. The summed E-state index contributed by atoms with van der Waals surface area (Å²) in [5.41, 5.74) is 0.925. The monoisotopic (exact) mass is 213 g/mol. The van der Waals surface area contributed by atoms with E-state index in [9.17, 15) is 4.79 Å². The molecule has 0 aliphatic heterocycles. The summed E-state index contributed by atoms with van der Waals surface area (Å²) in [5, 5.41) is 2.54. The van der Waals surface area contributed by atoms with Crippen LogP contribution in [0.5, 0.6) is 5.75 Å². The molecular formula is C10H12ClNO2. The Balaban J connectivity index is 2.62. The number of alkyl halides is 1. The predicted molar refractivity (Wildman–Crippen MR) is 55.7 cm³/mol. The molecule has 3 nitrogen and oxygen atoms in total. The average Bonchev–Trinajstić information content (AvgIpc) is 2.18. The van der Waals surface area contributed by atoms with Gasteiger partial charge >= 0.3 is 6.09 Å². The average molecular weight is 214 g/mol. The number of benzene rings is 1. The first-order valence-corrected chi connectivity index (χ1v) is 4.90. The number of rotatable bonds is 3. The number of ether oxygens (including phenoxy) is 1. The van der Waals surface area contributed by atoms with Crippen molar-refractivity contribution in [3.05, 3.63) is 29.8 Å². The van der Waals surface area contributed by atoms with Gasteiger partial charge in [0.05, 0.1) is 0 Å². The van der Waals surface area contributed by atoms with Gasteiger partial charge < -0.3 is 10.1 Å². The van der Waals surface area contributed by atoms with Crippen LogP contribution in [0.2, 0.25) is 0 Å². The molecule has 0 saturated heterocycles. The zero-order valence-corrected chi connectivity index (χ0v) is 8.67. The molecule has 0 fully saturated rings. The first-order chi connectivity index (χ1) is 6.76. The van der Waals surface area contributed by atoms with Crippen molar-refractivity contribution in [2.75, 3.05) is 6.54 Å². The SMILES string of the molecule is CCNC(=O)Oc1cccc(CCl)c1. The Morgan fingerprint density at radius 1 is 1.57 bits per heavy atom. The molecule has 1 aromatic rings. The van der Waals surface area contributed by atoms with Gasteiger partial charge in [0.1, 0.15) is 5.75 Å². The van der Waals surface area contributed by atoms with Crippen LogP contribution in [0.4, 0.5) is 4.79 Å². The van der Waals surface area contributed by atoms with Gasteiger partial charge in [0.2, 0.25) is 0 Å². The smallest absolute Gasteiger partial charge is 0.410 e. The van der Waals surface area contributed by atoms with Crippen molar-refractivity contribution in [3.63, 3.8) is 0 Å². The van der Waals surface area contributed by atoms with E-state index in [2.05, 4.69) is 5.32 Å². The van der Waals surface area contributed by atoms with Crippen molar-refractivity contribution in [2.24, 2.45) is 0 Å². The minimum absolute atomic E-state index is 0.409. The maximum atomic E-state index is 11.0. The van der Waals surface area contributed by atoms with Crippen LogP contribution in [-0.4, -0.2) is 12.6 Å². The molecule has 1 rings (SSSR count). The highest BCUT2D eigenvalue weighted by Gasteiger charge is 2.02. The number of carbonyl (C=O) groups is 1. The van der Waals surface area contributed by atoms with Crippen molar-refractivity contribution in [2.45, 2.75) is 12.8 Å². The van der Waals surface area contributed by atoms with Crippen LogP contribution < -0.4 is 10.1 Å². The van der Waals surface area contributed by atoms with Gasteiger partial charge in [-0.25, -0.2) is 4.79 Å². The molecule has 0 atom stereocenters. The fourth-order valence-electron chi connectivity index (χ4n) is 0.980. The zero-order valence-electron chi connectivity index (χ0n) is 7.92. The second-order valence-electron chi connectivity index (χ2n) is 2.70. The van der Waals surface area contributed by atoms with Gasteiger partial charge in [-0.2, -0.15) is 0 Å². The lowest BCUT2D eigenvalue weighted by Crippen LogP contribution is -2.26. The van der Waals surface area contributed by atoms with Gasteiger partial charge in [-0.05, 0) is 24.6 Å². The molecule has 0 radical (unpaired) electrons. The normalized spacial score (nSPS) is 9.57. The van der Waals surface area contributed by atoms with E-state index in [0.717, 1.165) is 5.56 Å². The number of carbonyl (C=O) groups excluding carboxylic acids is 1. The van der Waals surface area contributed by atoms with Crippen LogP contribution in [0.3, 0.4) is 0 Å². The Bertz CT molecular complexity index is 315. The van der Waals surface area contributed by atoms with E-state index in [-0.39, 0.29) is 0 Å². The quantitative estimate of drug-likeness (QED) is 0.784. The summed E-state index contributed by atoms with van der Waals surface area (Å²) in [5.74, 6) is 0.918. The standard InChI is InChI=1S/C10H12ClNO2/c1-2-12-10(13)14-9-5-3-4-8(6-9)7-11/h3-6H,2,7H2,1H3,(H,12,13). The number of hydrogen-bond acceptors (Lipinski definition) is 2. The van der Waals surface area contributed by atoms with E-state index >= 15 is 0 Å². The van der Waals surface area contributed by atoms with Crippen molar-refractivity contribution >= 4 is 17.7 Å². The van der Waals surface area contributed by atoms with Crippen molar-refractivity contribution < 1.29 is 9.53 Å². The zero-order chi connectivity index (χ0) is 10.4. The van der Waals surface area contributed by atoms with Crippen molar-refractivity contribution in [1.29, 1.82) is 0 Å². The Labute approximate surface area is 88.0 Å². The topological polar surface area (TPSA) is 38.3 Å². The summed E-state index contributed by atoms with van der Waals surface area (Å²) in [6, 6.07) is 7.12. The van der Waals surface area contributed by atoms with E-state index in [4.69, 9.17) is 16.3 Å². The lowest BCUT2D eigenvalue weighted by atomic mass is 10.2. The third-order valence-corrected chi connectivity index (χ3v) is 1.89. The molecule has 0 heterocycles. The third kappa shape index (κ3) is 3.26. The fraction of sp³-hybridized carbons (Fsp3) is 0.300. The molecule has 76 valence electrons. The van der Waals surface area contributed by atoms with Gasteiger partial charge in [0.15, 0.2) is 0 Å². The van der Waals surface area contributed by atoms with Crippen LogP contribution in [0.25, 0.3) is 0 Å². The number of amides is 1. The summed E-state index contributed by atoms with van der Waals surface area (Å²) in [7, 11) is 0. The Hall–Kier alpha value is -1.22. The maximum absolute atomic E-state index is 11.0. The van der Waals surface area contributed by atoms with Crippen LogP contribution in [0.1, 0.15) is 12.5 Å². The fourth-order valence-corrected chi connectivity index (χ4v) is 1.15. The number of nitrogens with one attached hydrogen (secondary N) is 1. The predicted octanol–water partition coefficient (Wildman–Crippen LogP) is 2.53. The molecule has 0 spiro atoms. The molecule has 14 heavy (non-hydrogen) atoms. The first-order valence-electron chi connectivity index (χ1n) is 4.37. The lowest BCUT2D eigenvalue weighted by molar-refractivity contribution is 0.201. The van der Waals surface area contributed by atoms with Crippen LogP contribution in [0, 0.1) is 0 Å². The Morgan fingerprint density at radius 2 is 2.36 bits per heavy atom. The molecule has 0 aliphatic carbocycles. The second-order valence-corrected chi connectivity index (χ2v) is 2.97. The maximum Gasteiger partial charge on any atom is 0.412 e. The molecule has 0 unspecified atom stereocenters. The molecule has 0 aromatic heterocycles. The van der Waals surface area contributed by atoms with Gasteiger partial charge in [0, 0.05) is 12.4 Å². The third-order valence-electron chi connectivity index (χ3n) is 1.58. The molecular weight excluding hydrogens is 202 g/mol. The van der Waals surface area contributed by atoms with E-state index in [0.29, 0.717) is 18.2 Å². The van der Waals surface area contributed by atoms with Crippen LogP contribution in [-0.2, 0) is 5.88 Å². The molecule has 1 N–H and O–H groups in total. The van der Waals surface area contributed by atoms with E-state index < -0.39 is 6.09 Å². The molecule has 0 saturated carbocycles. The molecule has 1 amide bonds. The number of halogens is 1. The highest BCUT2D eigenvalue weighted by molar-refractivity contribution is 6.17. The number of hydrogen-bond donors (Lipinski definition) is 1. The van der Waals surface area contributed by atoms with Crippen molar-refractivity contribution in [3.8, 4) is 5.75 Å². The minimum Gasteiger partial charge on any atom is -0.410 e. The molecule has 4 heteroatoms. The van der Waals surface area contributed by atoms with Gasteiger partial charge in [-0.1, -0.05) is 12.1 Å². The van der Waals surface area contributed by atoms with Crippen LogP contribution in [0.15, 0.2) is 24.3 Å². The summed E-state index contributed by atoms with van der Waals surface area (Å²) in [6.07, 6.45) is -0.445. The first kappa shape index (κ1) is 10.9. The van der Waals surface area contributed by atoms with Crippen LogP contribution >= 0.6 is 11.6 Å². The summed E-state index contributed by atoms with van der Waals surface area (Å²) in [4.78, 5) is 11.0. The molecule has 0 aliphatic rings. The molecule has 0 bridgehead atoms. The summed E-state index contributed by atoms with van der Waals surface area (Å²) >= 11 is 5.64. The highest BCUT2D eigenvalue weighted by atomic mass is 35.5. The van der Waals surface area contributed by atoms with Gasteiger partial charge in [0.25, 0.3) is 0 Å². The Kier molecular flexibility index (Phi) is 4.26. The minimum atomic E-state index is -0.445. The van der Waals surface area contributed by atoms with E-state index in [1.807, 2.05) is 13.0 Å². The molecule has 1 aromatic carbocycles. The summed E-state index contributed by atoms with van der Waals surface area (Å²) < 4.78 is 4.99. The highest BCUT2D eigenvalue weighted by Crippen LogP contribution is 2.14. The Morgan fingerprint density at radius 3 is 3.00 bits per heavy atom. The largest absolute Gasteiger partial charge is 0.412 e. The van der Waals surface area contributed by atoms with E-state index in [1.54, 1.807) is 18.2 Å². The summed E-state index contributed by atoms with van der Waals surface area (Å²) in [6.45, 7) is 2.38.